The van der Waals surface area contributed by atoms with Crippen molar-refractivity contribution in [2.45, 2.75) is 6.61 Å². The molecule has 0 atom stereocenters. The Hall–Kier alpha value is -3.90. The maximum Gasteiger partial charge on any atom is 0.282 e. The van der Waals surface area contributed by atoms with Crippen molar-refractivity contribution in [2.75, 3.05) is 38.1 Å². The molecule has 34 heavy (non-hydrogen) atoms. The maximum absolute atomic E-state index is 13.6. The number of carbonyl (C=O) groups is 2. The number of hydrogen-bond donors (Lipinski definition) is 0. The largest absolute Gasteiger partial charge is 0.489 e. The summed E-state index contributed by atoms with van der Waals surface area (Å²) in [4.78, 5) is 32.8. The summed E-state index contributed by atoms with van der Waals surface area (Å²) in [6, 6.07) is 26.5. The Morgan fingerprint density at radius 1 is 0.735 bits per heavy atom. The smallest absolute Gasteiger partial charge is 0.282 e. The SMILES string of the molecule is CN1CCN(C2=C(c3ccccc3)C(=O)N(c3ccc(OCc4ccccc4)cc3)C2=O)CC1. The molecule has 0 N–H and O–H groups in total. The molecule has 3 aromatic rings. The molecule has 5 rings (SSSR count). The highest BCUT2D eigenvalue weighted by molar-refractivity contribution is 6.45. The lowest BCUT2D eigenvalue weighted by Gasteiger charge is -2.34. The summed E-state index contributed by atoms with van der Waals surface area (Å²) in [5.41, 5.74) is 3.35. The van der Waals surface area contributed by atoms with E-state index in [1.54, 1.807) is 24.3 Å². The van der Waals surface area contributed by atoms with Gasteiger partial charge in [-0.15, -0.1) is 0 Å². The molecule has 1 saturated heterocycles. The molecule has 0 spiro atoms. The predicted octanol–water partition coefficient (Wildman–Crippen LogP) is 3.80. The van der Waals surface area contributed by atoms with Gasteiger partial charge in [-0.1, -0.05) is 60.7 Å². The van der Waals surface area contributed by atoms with Crippen LogP contribution in [0.3, 0.4) is 0 Å². The maximum atomic E-state index is 13.6. The Balaban J connectivity index is 1.41. The Bertz CT molecular complexity index is 1200. The van der Waals surface area contributed by atoms with Crippen molar-refractivity contribution in [3.05, 3.63) is 102 Å². The second-order valence-electron chi connectivity index (χ2n) is 8.59. The van der Waals surface area contributed by atoms with E-state index in [0.717, 1.165) is 24.2 Å². The van der Waals surface area contributed by atoms with E-state index in [4.69, 9.17) is 4.74 Å². The summed E-state index contributed by atoms with van der Waals surface area (Å²) in [7, 11) is 2.07. The molecule has 0 saturated carbocycles. The first kappa shape index (κ1) is 21.9. The van der Waals surface area contributed by atoms with Gasteiger partial charge < -0.3 is 14.5 Å². The number of piperazine rings is 1. The van der Waals surface area contributed by atoms with E-state index >= 15 is 0 Å². The fourth-order valence-corrected chi connectivity index (χ4v) is 4.37. The molecule has 0 radical (unpaired) electrons. The molecule has 2 aliphatic heterocycles. The molecular weight excluding hydrogens is 426 g/mol. The molecule has 6 nitrogen and oxygen atoms in total. The lowest BCUT2D eigenvalue weighted by molar-refractivity contribution is -0.120. The minimum atomic E-state index is -0.289. The molecule has 2 amide bonds. The summed E-state index contributed by atoms with van der Waals surface area (Å²) in [6.45, 7) is 3.57. The Morgan fingerprint density at radius 2 is 1.35 bits per heavy atom. The van der Waals surface area contributed by atoms with Crippen molar-refractivity contribution < 1.29 is 14.3 Å². The van der Waals surface area contributed by atoms with E-state index in [-0.39, 0.29) is 11.8 Å². The molecule has 0 aromatic heterocycles. The first-order chi connectivity index (χ1) is 16.6. The Kier molecular flexibility index (Phi) is 6.14. The van der Waals surface area contributed by atoms with Gasteiger partial charge >= 0.3 is 0 Å². The van der Waals surface area contributed by atoms with E-state index < -0.39 is 0 Å². The summed E-state index contributed by atoms with van der Waals surface area (Å²) in [5.74, 6) is 0.122. The number of ether oxygens (including phenoxy) is 1. The molecule has 3 aromatic carbocycles. The highest BCUT2D eigenvalue weighted by atomic mass is 16.5. The minimum Gasteiger partial charge on any atom is -0.489 e. The standard InChI is InChI=1S/C28H27N3O3/c1-29-16-18-30(19-17-29)26-25(22-10-6-3-7-11-22)27(32)31(28(26)33)23-12-14-24(15-13-23)34-20-21-8-4-2-5-9-21/h2-15H,16-20H2,1H3. The van der Waals surface area contributed by atoms with Crippen LogP contribution >= 0.6 is 0 Å². The number of anilines is 1. The highest BCUT2D eigenvalue weighted by Gasteiger charge is 2.42. The first-order valence-corrected chi connectivity index (χ1v) is 11.5. The average molecular weight is 454 g/mol. The molecule has 0 aliphatic carbocycles. The number of nitrogens with zero attached hydrogens (tertiary/aromatic N) is 3. The third-order valence-electron chi connectivity index (χ3n) is 6.28. The highest BCUT2D eigenvalue weighted by Crippen LogP contribution is 2.35. The van der Waals surface area contributed by atoms with Crippen LogP contribution < -0.4 is 9.64 Å². The summed E-state index contributed by atoms with van der Waals surface area (Å²) >= 11 is 0. The zero-order chi connectivity index (χ0) is 23.5. The number of imide groups is 1. The second-order valence-corrected chi connectivity index (χ2v) is 8.59. The van der Waals surface area contributed by atoms with Crippen LogP contribution in [0.5, 0.6) is 5.75 Å². The Labute approximate surface area is 199 Å². The lowest BCUT2D eigenvalue weighted by Crippen LogP contribution is -2.46. The fourth-order valence-electron chi connectivity index (χ4n) is 4.37. The third-order valence-corrected chi connectivity index (χ3v) is 6.28. The van der Waals surface area contributed by atoms with Crippen LogP contribution in [0.4, 0.5) is 5.69 Å². The van der Waals surface area contributed by atoms with Crippen LogP contribution in [0, 0.1) is 0 Å². The van der Waals surface area contributed by atoms with Gasteiger partial charge in [-0.2, -0.15) is 0 Å². The predicted molar refractivity (Wildman–Crippen MR) is 132 cm³/mol. The van der Waals surface area contributed by atoms with Crippen molar-refractivity contribution in [1.82, 2.24) is 9.80 Å². The number of benzene rings is 3. The van der Waals surface area contributed by atoms with Crippen LogP contribution in [0.1, 0.15) is 11.1 Å². The number of hydrogen-bond acceptors (Lipinski definition) is 5. The molecule has 0 unspecified atom stereocenters. The van der Waals surface area contributed by atoms with E-state index in [1.165, 1.54) is 4.90 Å². The van der Waals surface area contributed by atoms with Crippen LogP contribution in [-0.4, -0.2) is 54.8 Å². The monoisotopic (exact) mass is 453 g/mol. The fraction of sp³-hybridized carbons (Fsp3) is 0.214. The van der Waals surface area contributed by atoms with Gasteiger partial charge in [-0.05, 0) is 42.4 Å². The van der Waals surface area contributed by atoms with E-state index in [2.05, 4.69) is 16.8 Å². The van der Waals surface area contributed by atoms with Gasteiger partial charge in [0.05, 0.1) is 11.3 Å². The van der Waals surface area contributed by atoms with Gasteiger partial charge in [0, 0.05) is 26.2 Å². The van der Waals surface area contributed by atoms with Crippen LogP contribution in [0.25, 0.3) is 5.57 Å². The van der Waals surface area contributed by atoms with Gasteiger partial charge in [-0.3, -0.25) is 9.59 Å². The van der Waals surface area contributed by atoms with Crippen molar-refractivity contribution in [3.63, 3.8) is 0 Å². The van der Waals surface area contributed by atoms with Crippen LogP contribution in [0.2, 0.25) is 0 Å². The molecule has 6 heteroatoms. The molecule has 2 aliphatic rings. The van der Waals surface area contributed by atoms with Crippen LogP contribution in [0.15, 0.2) is 90.6 Å². The summed E-state index contributed by atoms with van der Waals surface area (Å²) in [5, 5.41) is 0. The zero-order valence-electron chi connectivity index (χ0n) is 19.2. The zero-order valence-corrected chi connectivity index (χ0v) is 19.2. The third kappa shape index (κ3) is 4.32. The van der Waals surface area contributed by atoms with Crippen molar-refractivity contribution in [2.24, 2.45) is 0 Å². The number of amides is 2. The minimum absolute atomic E-state index is 0.272. The lowest BCUT2D eigenvalue weighted by atomic mass is 10.0. The van der Waals surface area contributed by atoms with Gasteiger partial charge in [0.25, 0.3) is 11.8 Å². The first-order valence-electron chi connectivity index (χ1n) is 11.5. The van der Waals surface area contributed by atoms with E-state index in [9.17, 15) is 9.59 Å². The molecule has 0 bridgehead atoms. The second kappa shape index (κ2) is 9.53. The topological polar surface area (TPSA) is 53.1 Å². The summed E-state index contributed by atoms with van der Waals surface area (Å²) < 4.78 is 5.87. The molecule has 1 fully saturated rings. The van der Waals surface area contributed by atoms with Gasteiger partial charge in [0.2, 0.25) is 0 Å². The summed E-state index contributed by atoms with van der Waals surface area (Å²) in [6.07, 6.45) is 0. The number of carbonyl (C=O) groups excluding carboxylic acids is 2. The van der Waals surface area contributed by atoms with E-state index in [0.29, 0.717) is 42.4 Å². The van der Waals surface area contributed by atoms with Gasteiger partial charge in [-0.25, -0.2) is 4.90 Å². The van der Waals surface area contributed by atoms with Crippen molar-refractivity contribution in [3.8, 4) is 5.75 Å². The Morgan fingerprint density at radius 3 is 2.00 bits per heavy atom. The molecule has 172 valence electrons. The number of likely N-dealkylation sites (N-methyl/N-ethyl adjacent to an activating group) is 1. The number of rotatable bonds is 6. The van der Waals surface area contributed by atoms with Crippen LogP contribution in [-0.2, 0) is 16.2 Å². The average Bonchev–Trinajstić information content (AvgIpc) is 3.14. The van der Waals surface area contributed by atoms with Gasteiger partial charge in [0.1, 0.15) is 18.1 Å². The van der Waals surface area contributed by atoms with Crippen molar-refractivity contribution in [1.29, 1.82) is 0 Å². The van der Waals surface area contributed by atoms with E-state index in [1.807, 2.05) is 60.7 Å². The van der Waals surface area contributed by atoms with Gasteiger partial charge in [0.15, 0.2) is 0 Å². The quantitative estimate of drug-likeness (QED) is 0.532. The normalized spacial score (nSPS) is 17.0. The molecule has 2 heterocycles. The molecular formula is C28H27N3O3. The van der Waals surface area contributed by atoms with Crippen molar-refractivity contribution >= 4 is 23.1 Å².